The lowest BCUT2D eigenvalue weighted by Gasteiger charge is -2.19. The van der Waals surface area contributed by atoms with Crippen LogP contribution in [0.25, 0.3) is 0 Å². The van der Waals surface area contributed by atoms with Crippen LogP contribution in [0.5, 0.6) is 0 Å². The van der Waals surface area contributed by atoms with Gasteiger partial charge in [0.25, 0.3) is 5.91 Å². The number of anilines is 1. The van der Waals surface area contributed by atoms with Gasteiger partial charge in [-0.15, -0.1) is 0 Å². The second-order valence-electron chi connectivity index (χ2n) is 6.42. The topological polar surface area (TPSA) is 120 Å². The molecule has 1 aromatic carbocycles. The minimum absolute atomic E-state index is 0.0144. The highest BCUT2D eigenvalue weighted by molar-refractivity contribution is 6.01. The molecule has 0 spiro atoms. The molecule has 0 atom stereocenters. The van der Waals surface area contributed by atoms with E-state index < -0.39 is 36.1 Å². The largest absolute Gasteiger partial charge is 0.465 e. The molecule has 27 heavy (non-hydrogen) atoms. The van der Waals surface area contributed by atoms with Crippen molar-refractivity contribution in [2.75, 3.05) is 25.6 Å². The van der Waals surface area contributed by atoms with Crippen LogP contribution in [0.15, 0.2) is 24.3 Å². The first-order valence-corrected chi connectivity index (χ1v) is 8.22. The van der Waals surface area contributed by atoms with Crippen molar-refractivity contribution < 1.29 is 33.4 Å². The van der Waals surface area contributed by atoms with Crippen LogP contribution in [0.4, 0.5) is 10.5 Å². The zero-order valence-electron chi connectivity index (χ0n) is 15.8. The summed E-state index contributed by atoms with van der Waals surface area (Å²) in [6.07, 6.45) is -0.766. The number of carbonyl (C=O) groups excluding carboxylic acids is 4. The van der Waals surface area contributed by atoms with E-state index in [9.17, 15) is 19.2 Å². The predicted octanol–water partition coefficient (Wildman–Crippen LogP) is 1.87. The second-order valence-corrected chi connectivity index (χ2v) is 6.42. The van der Waals surface area contributed by atoms with Crippen molar-refractivity contribution in [2.45, 2.75) is 32.8 Å². The number of carbonyl (C=O) groups is 4. The van der Waals surface area contributed by atoms with E-state index in [1.54, 1.807) is 32.9 Å². The van der Waals surface area contributed by atoms with Crippen LogP contribution in [-0.2, 0) is 23.8 Å². The Morgan fingerprint density at radius 1 is 1.07 bits per heavy atom. The Hall–Kier alpha value is -3.10. The summed E-state index contributed by atoms with van der Waals surface area (Å²) in [6.45, 7) is 4.65. The Labute approximate surface area is 157 Å². The van der Waals surface area contributed by atoms with Gasteiger partial charge in [0.2, 0.25) is 0 Å². The van der Waals surface area contributed by atoms with Crippen LogP contribution in [0.2, 0.25) is 0 Å². The summed E-state index contributed by atoms with van der Waals surface area (Å²) in [6, 6.07) is 6.28. The summed E-state index contributed by atoms with van der Waals surface area (Å²) >= 11 is 0. The standard InChI is InChI=1S/C18H24N2O7/c1-18(2,3)27-17(24)19-10-9-15(22)26-11-14(21)20-13-8-6-5-7-12(13)16(23)25-4/h5-8H,9-11H2,1-4H3,(H,19,24)(H,20,21). The lowest BCUT2D eigenvalue weighted by molar-refractivity contribution is -0.147. The van der Waals surface area contributed by atoms with Crippen LogP contribution in [0.1, 0.15) is 37.6 Å². The summed E-state index contributed by atoms with van der Waals surface area (Å²) in [5, 5.41) is 4.88. The number of nitrogens with one attached hydrogen (secondary N) is 2. The highest BCUT2D eigenvalue weighted by Crippen LogP contribution is 2.15. The average Bonchev–Trinajstić information content (AvgIpc) is 2.58. The van der Waals surface area contributed by atoms with Gasteiger partial charge in [-0.05, 0) is 32.9 Å². The highest BCUT2D eigenvalue weighted by Gasteiger charge is 2.17. The van der Waals surface area contributed by atoms with E-state index in [1.807, 2.05) is 0 Å². The molecule has 0 aliphatic heterocycles. The second kappa shape index (κ2) is 10.1. The third-order valence-corrected chi connectivity index (χ3v) is 2.97. The fourth-order valence-electron chi connectivity index (χ4n) is 1.87. The Bertz CT molecular complexity index is 695. The van der Waals surface area contributed by atoms with Gasteiger partial charge in [-0.25, -0.2) is 9.59 Å². The van der Waals surface area contributed by atoms with Gasteiger partial charge in [0.15, 0.2) is 6.61 Å². The zero-order chi connectivity index (χ0) is 20.4. The maximum atomic E-state index is 11.9. The molecule has 9 nitrogen and oxygen atoms in total. The number of benzene rings is 1. The average molecular weight is 380 g/mol. The molecular formula is C18H24N2O7. The van der Waals surface area contributed by atoms with Gasteiger partial charge in [-0.3, -0.25) is 9.59 Å². The number of para-hydroxylation sites is 1. The number of amides is 2. The number of esters is 2. The Kier molecular flexibility index (Phi) is 8.25. The van der Waals surface area contributed by atoms with E-state index in [-0.39, 0.29) is 24.2 Å². The van der Waals surface area contributed by atoms with Crippen LogP contribution in [-0.4, -0.2) is 49.8 Å². The fourth-order valence-corrected chi connectivity index (χ4v) is 1.87. The molecule has 1 aromatic rings. The third-order valence-electron chi connectivity index (χ3n) is 2.97. The monoisotopic (exact) mass is 380 g/mol. The number of ether oxygens (including phenoxy) is 3. The first-order valence-electron chi connectivity index (χ1n) is 8.22. The maximum Gasteiger partial charge on any atom is 0.407 e. The first-order chi connectivity index (χ1) is 12.6. The Balaban J connectivity index is 2.37. The molecule has 0 fully saturated rings. The summed E-state index contributed by atoms with van der Waals surface area (Å²) in [4.78, 5) is 46.6. The van der Waals surface area contributed by atoms with Crippen molar-refractivity contribution in [2.24, 2.45) is 0 Å². The van der Waals surface area contributed by atoms with Gasteiger partial charge < -0.3 is 24.8 Å². The zero-order valence-corrected chi connectivity index (χ0v) is 15.8. The first kappa shape index (κ1) is 21.9. The number of methoxy groups -OCH3 is 1. The molecule has 148 valence electrons. The van der Waals surface area contributed by atoms with Crippen molar-refractivity contribution in [3.05, 3.63) is 29.8 Å². The summed E-state index contributed by atoms with van der Waals surface area (Å²) < 4.78 is 14.5. The third kappa shape index (κ3) is 8.70. The fraction of sp³-hybridized carbons (Fsp3) is 0.444. The Morgan fingerprint density at radius 3 is 2.37 bits per heavy atom. The summed E-state index contributed by atoms with van der Waals surface area (Å²) in [7, 11) is 1.23. The molecule has 9 heteroatoms. The number of hydrogen-bond donors (Lipinski definition) is 2. The quantitative estimate of drug-likeness (QED) is 0.547. The van der Waals surface area contributed by atoms with Crippen LogP contribution in [0.3, 0.4) is 0 Å². The van der Waals surface area contributed by atoms with Gasteiger partial charge in [0.1, 0.15) is 5.60 Å². The van der Waals surface area contributed by atoms with Crippen LogP contribution >= 0.6 is 0 Å². The molecule has 2 amide bonds. The maximum absolute atomic E-state index is 11.9. The number of alkyl carbamates (subject to hydrolysis) is 1. The van der Waals surface area contributed by atoms with Crippen LogP contribution in [0, 0.1) is 0 Å². The minimum Gasteiger partial charge on any atom is -0.465 e. The smallest absolute Gasteiger partial charge is 0.407 e. The van der Waals surface area contributed by atoms with Gasteiger partial charge >= 0.3 is 18.0 Å². The molecule has 0 aliphatic rings. The molecule has 0 aromatic heterocycles. The lowest BCUT2D eigenvalue weighted by Crippen LogP contribution is -2.34. The van der Waals surface area contributed by atoms with Crippen molar-refractivity contribution in [1.29, 1.82) is 0 Å². The molecule has 2 N–H and O–H groups in total. The van der Waals surface area contributed by atoms with E-state index in [0.717, 1.165) is 0 Å². The van der Waals surface area contributed by atoms with Crippen molar-refractivity contribution in [3.63, 3.8) is 0 Å². The highest BCUT2D eigenvalue weighted by atomic mass is 16.6. The van der Waals surface area contributed by atoms with E-state index in [0.29, 0.717) is 0 Å². The SMILES string of the molecule is COC(=O)c1ccccc1NC(=O)COC(=O)CCNC(=O)OC(C)(C)C. The van der Waals surface area contributed by atoms with Gasteiger partial charge in [0, 0.05) is 6.54 Å². The van der Waals surface area contributed by atoms with Crippen molar-refractivity contribution in [1.82, 2.24) is 5.32 Å². The normalized spacial score (nSPS) is 10.5. The molecule has 0 saturated carbocycles. The summed E-state index contributed by atoms with van der Waals surface area (Å²) in [5.74, 6) is -1.88. The molecule has 0 aliphatic carbocycles. The van der Waals surface area contributed by atoms with Crippen molar-refractivity contribution in [3.8, 4) is 0 Å². The molecule has 0 unspecified atom stereocenters. The Morgan fingerprint density at radius 2 is 1.74 bits per heavy atom. The van der Waals surface area contributed by atoms with E-state index in [4.69, 9.17) is 9.47 Å². The minimum atomic E-state index is -0.664. The van der Waals surface area contributed by atoms with Gasteiger partial charge in [-0.1, -0.05) is 12.1 Å². The molecular weight excluding hydrogens is 356 g/mol. The van der Waals surface area contributed by atoms with E-state index in [2.05, 4.69) is 15.4 Å². The molecule has 0 radical (unpaired) electrons. The summed E-state index contributed by atoms with van der Waals surface area (Å²) in [5.41, 5.74) is -0.207. The predicted molar refractivity (Wildman–Crippen MR) is 96.2 cm³/mol. The van der Waals surface area contributed by atoms with Crippen molar-refractivity contribution >= 4 is 29.6 Å². The molecule has 0 heterocycles. The van der Waals surface area contributed by atoms with Gasteiger partial charge in [0.05, 0.1) is 24.8 Å². The van der Waals surface area contributed by atoms with E-state index in [1.165, 1.54) is 19.2 Å². The molecule has 0 bridgehead atoms. The number of rotatable bonds is 7. The molecule has 0 saturated heterocycles. The number of hydrogen-bond acceptors (Lipinski definition) is 7. The lowest BCUT2D eigenvalue weighted by atomic mass is 10.2. The van der Waals surface area contributed by atoms with Gasteiger partial charge in [-0.2, -0.15) is 0 Å². The van der Waals surface area contributed by atoms with Crippen LogP contribution < -0.4 is 10.6 Å². The molecule has 1 rings (SSSR count). The van der Waals surface area contributed by atoms with E-state index >= 15 is 0 Å².